The molecule has 4 rings (SSSR count). The highest BCUT2D eigenvalue weighted by atomic mass is 32.1. The van der Waals surface area contributed by atoms with Gasteiger partial charge >= 0.3 is 0 Å². The van der Waals surface area contributed by atoms with Gasteiger partial charge in [-0.15, -0.1) is 11.3 Å². The molecule has 2 unspecified atom stereocenters. The molecule has 0 saturated carbocycles. The number of hydrogen-bond donors (Lipinski definition) is 1. The molecule has 0 bridgehead atoms. The summed E-state index contributed by atoms with van der Waals surface area (Å²) in [5.74, 6) is 0. The van der Waals surface area contributed by atoms with E-state index in [9.17, 15) is 0 Å². The van der Waals surface area contributed by atoms with Gasteiger partial charge in [-0.3, -0.25) is 4.98 Å². The lowest BCUT2D eigenvalue weighted by Crippen LogP contribution is -2.40. The van der Waals surface area contributed by atoms with Crippen LogP contribution in [0.4, 0.5) is 5.69 Å². The van der Waals surface area contributed by atoms with Crippen LogP contribution in [-0.4, -0.2) is 29.1 Å². The summed E-state index contributed by atoms with van der Waals surface area (Å²) in [6.07, 6.45) is 4.78. The minimum Gasteiger partial charge on any atom is -0.367 e. The van der Waals surface area contributed by atoms with E-state index >= 15 is 0 Å². The molecule has 3 heterocycles. The lowest BCUT2D eigenvalue weighted by atomic mass is 10.1. The van der Waals surface area contributed by atoms with E-state index in [0.717, 1.165) is 35.8 Å². The molecule has 0 spiro atoms. The molecule has 134 valence electrons. The van der Waals surface area contributed by atoms with Crippen molar-refractivity contribution in [2.24, 2.45) is 0 Å². The Kier molecular flexibility index (Phi) is 5.00. The fourth-order valence-corrected chi connectivity index (χ4v) is 4.42. The summed E-state index contributed by atoms with van der Waals surface area (Å²) in [6, 6.07) is 13.5. The van der Waals surface area contributed by atoms with Gasteiger partial charge in [0.2, 0.25) is 0 Å². The van der Waals surface area contributed by atoms with Crippen LogP contribution in [0.5, 0.6) is 0 Å². The summed E-state index contributed by atoms with van der Waals surface area (Å²) in [5.41, 5.74) is 5.10. The van der Waals surface area contributed by atoms with Crippen LogP contribution in [0.25, 0.3) is 10.6 Å². The van der Waals surface area contributed by atoms with Crippen molar-refractivity contribution in [2.45, 2.75) is 32.4 Å². The molecule has 1 aromatic carbocycles. The Balaban J connectivity index is 1.37. The van der Waals surface area contributed by atoms with E-state index < -0.39 is 0 Å². The third-order valence-corrected chi connectivity index (χ3v) is 5.98. The number of nitrogens with one attached hydrogen (secondary N) is 1. The zero-order valence-electron chi connectivity index (χ0n) is 15.2. The molecule has 0 radical (unpaired) electrons. The molecule has 3 aromatic rings. The van der Waals surface area contributed by atoms with Crippen molar-refractivity contribution < 1.29 is 0 Å². The molecule has 2 aromatic heterocycles. The molecule has 0 saturated heterocycles. The van der Waals surface area contributed by atoms with Crippen LogP contribution in [0.1, 0.15) is 31.1 Å². The van der Waals surface area contributed by atoms with Crippen LogP contribution in [0, 0.1) is 0 Å². The van der Waals surface area contributed by atoms with Crippen LogP contribution in [-0.2, 0) is 6.42 Å². The molecular weight excluding hydrogens is 340 g/mol. The molecule has 0 aliphatic carbocycles. The number of fused-ring (bicyclic) bond motifs is 1. The monoisotopic (exact) mass is 364 g/mol. The minimum atomic E-state index is 0.238. The fraction of sp³-hybridized carbons (Fsp3) is 0.333. The first-order valence-corrected chi connectivity index (χ1v) is 10.0. The van der Waals surface area contributed by atoms with Gasteiger partial charge in [-0.05, 0) is 44.0 Å². The van der Waals surface area contributed by atoms with Crippen LogP contribution in [0.15, 0.2) is 54.2 Å². The van der Waals surface area contributed by atoms with E-state index in [4.69, 9.17) is 4.98 Å². The van der Waals surface area contributed by atoms with E-state index in [2.05, 4.69) is 58.7 Å². The summed E-state index contributed by atoms with van der Waals surface area (Å²) in [6.45, 7) is 6.54. The number of pyridine rings is 1. The maximum atomic E-state index is 4.81. The number of rotatable bonds is 6. The summed E-state index contributed by atoms with van der Waals surface area (Å²) >= 11 is 1.69. The zero-order valence-corrected chi connectivity index (χ0v) is 16.0. The normalized spacial score (nSPS) is 15.7. The quantitative estimate of drug-likeness (QED) is 0.708. The molecule has 26 heavy (non-hydrogen) atoms. The Morgan fingerprint density at radius 1 is 1.15 bits per heavy atom. The maximum absolute atomic E-state index is 4.81. The predicted molar refractivity (Wildman–Crippen MR) is 109 cm³/mol. The number of para-hydroxylation sites is 1. The van der Waals surface area contributed by atoms with E-state index in [-0.39, 0.29) is 6.04 Å². The van der Waals surface area contributed by atoms with Crippen molar-refractivity contribution in [3.63, 3.8) is 0 Å². The van der Waals surface area contributed by atoms with Gasteiger partial charge in [-0.25, -0.2) is 4.98 Å². The number of anilines is 1. The van der Waals surface area contributed by atoms with Gasteiger partial charge in [-0.1, -0.05) is 18.2 Å². The predicted octanol–water partition coefficient (Wildman–Crippen LogP) is 4.31. The van der Waals surface area contributed by atoms with Gasteiger partial charge in [0, 0.05) is 54.2 Å². The molecule has 0 amide bonds. The second kappa shape index (κ2) is 7.56. The average molecular weight is 365 g/mol. The lowest BCUT2D eigenvalue weighted by molar-refractivity contribution is 0.509. The van der Waals surface area contributed by atoms with Crippen molar-refractivity contribution in [1.29, 1.82) is 0 Å². The first-order chi connectivity index (χ1) is 12.7. The van der Waals surface area contributed by atoms with E-state index in [1.807, 2.05) is 24.5 Å². The van der Waals surface area contributed by atoms with Crippen molar-refractivity contribution >= 4 is 17.0 Å². The Morgan fingerprint density at radius 3 is 2.81 bits per heavy atom. The smallest absolute Gasteiger partial charge is 0.123 e. The standard InChI is InChI=1S/C21H24N4S/c1-15(25-12-9-17-5-3-4-6-20(17)25)13-23-16(2)19-14-26-21(24-19)18-7-10-22-11-8-18/h3-8,10-11,14-16,23H,9,12-13H2,1-2H3. The molecular formula is C21H24N4S. The molecule has 4 nitrogen and oxygen atoms in total. The summed E-state index contributed by atoms with van der Waals surface area (Å²) in [4.78, 5) is 11.4. The number of nitrogens with zero attached hydrogens (tertiary/aromatic N) is 3. The second-order valence-corrected chi connectivity index (χ2v) is 7.72. The number of benzene rings is 1. The van der Waals surface area contributed by atoms with Gasteiger partial charge in [-0.2, -0.15) is 0 Å². The summed E-state index contributed by atoms with van der Waals surface area (Å²) in [7, 11) is 0. The van der Waals surface area contributed by atoms with Crippen molar-refractivity contribution in [3.8, 4) is 10.6 Å². The minimum absolute atomic E-state index is 0.238. The van der Waals surface area contributed by atoms with Crippen LogP contribution in [0.3, 0.4) is 0 Å². The molecule has 2 atom stereocenters. The number of thiazole rings is 1. The SMILES string of the molecule is CC(NCC(C)N1CCc2ccccc21)c1csc(-c2ccncc2)n1. The van der Waals surface area contributed by atoms with Crippen molar-refractivity contribution in [3.05, 3.63) is 65.4 Å². The molecule has 1 N–H and O–H groups in total. The lowest BCUT2D eigenvalue weighted by Gasteiger charge is -2.28. The van der Waals surface area contributed by atoms with Gasteiger partial charge in [0.25, 0.3) is 0 Å². The molecule has 1 aliphatic heterocycles. The fourth-order valence-electron chi connectivity index (χ4n) is 3.50. The average Bonchev–Trinajstić information content (AvgIpc) is 3.34. The zero-order chi connectivity index (χ0) is 17.9. The summed E-state index contributed by atoms with van der Waals surface area (Å²) < 4.78 is 0. The Morgan fingerprint density at radius 2 is 1.96 bits per heavy atom. The largest absolute Gasteiger partial charge is 0.367 e. The Labute approximate surface area is 158 Å². The Bertz CT molecular complexity index is 861. The molecule has 1 aliphatic rings. The first-order valence-electron chi connectivity index (χ1n) is 9.16. The highest BCUT2D eigenvalue weighted by molar-refractivity contribution is 7.13. The van der Waals surface area contributed by atoms with E-state index in [1.54, 1.807) is 11.3 Å². The third kappa shape index (κ3) is 3.50. The molecule has 5 heteroatoms. The second-order valence-electron chi connectivity index (χ2n) is 6.86. The maximum Gasteiger partial charge on any atom is 0.123 e. The molecule has 0 fully saturated rings. The highest BCUT2D eigenvalue weighted by Crippen LogP contribution is 2.29. The summed E-state index contributed by atoms with van der Waals surface area (Å²) in [5, 5.41) is 6.87. The van der Waals surface area contributed by atoms with E-state index in [1.165, 1.54) is 11.3 Å². The first kappa shape index (κ1) is 17.2. The van der Waals surface area contributed by atoms with Gasteiger partial charge in [0.1, 0.15) is 5.01 Å². The van der Waals surface area contributed by atoms with Gasteiger partial charge in [0.15, 0.2) is 0 Å². The highest BCUT2D eigenvalue weighted by Gasteiger charge is 2.23. The van der Waals surface area contributed by atoms with Gasteiger partial charge in [0.05, 0.1) is 5.69 Å². The topological polar surface area (TPSA) is 41.0 Å². The van der Waals surface area contributed by atoms with Crippen LogP contribution >= 0.6 is 11.3 Å². The van der Waals surface area contributed by atoms with Crippen molar-refractivity contribution in [2.75, 3.05) is 18.0 Å². The Hall–Kier alpha value is -2.24. The van der Waals surface area contributed by atoms with Gasteiger partial charge < -0.3 is 10.2 Å². The third-order valence-electron chi connectivity index (χ3n) is 5.07. The van der Waals surface area contributed by atoms with Crippen molar-refractivity contribution in [1.82, 2.24) is 15.3 Å². The van der Waals surface area contributed by atoms with Crippen LogP contribution in [0.2, 0.25) is 0 Å². The number of hydrogen-bond acceptors (Lipinski definition) is 5. The van der Waals surface area contributed by atoms with Crippen LogP contribution < -0.4 is 10.2 Å². The number of aromatic nitrogens is 2. The van der Waals surface area contributed by atoms with E-state index in [0.29, 0.717) is 6.04 Å².